The molecule has 1 amide bonds. The number of nitrogens with zero attached hydrogens (tertiary/aromatic N) is 3. The number of benzene rings is 1. The Kier molecular flexibility index (Phi) is 4.81. The molecular weight excluding hydrogens is 348 g/mol. The van der Waals surface area contributed by atoms with Crippen molar-refractivity contribution in [2.75, 3.05) is 26.2 Å². The number of nitrogens with one attached hydrogen (secondary N) is 1. The molecule has 3 heterocycles. The van der Waals surface area contributed by atoms with Gasteiger partial charge in [-0.05, 0) is 30.5 Å². The molecule has 1 aliphatic heterocycles. The predicted molar refractivity (Wildman–Crippen MR) is 99.1 cm³/mol. The summed E-state index contributed by atoms with van der Waals surface area (Å²) in [5, 5.41) is 10.4. The Balaban J connectivity index is 1.38. The van der Waals surface area contributed by atoms with Crippen molar-refractivity contribution in [3.05, 3.63) is 59.3 Å². The fourth-order valence-electron chi connectivity index (χ4n) is 3.28. The van der Waals surface area contributed by atoms with Gasteiger partial charge in [0, 0.05) is 5.56 Å². The van der Waals surface area contributed by atoms with Crippen molar-refractivity contribution in [2.45, 2.75) is 13.0 Å². The third kappa shape index (κ3) is 3.40. The van der Waals surface area contributed by atoms with E-state index in [0.29, 0.717) is 11.8 Å². The Morgan fingerprint density at radius 2 is 1.92 bits per heavy atom. The fourth-order valence-corrected chi connectivity index (χ4v) is 3.92. The Morgan fingerprint density at radius 1 is 1.15 bits per heavy atom. The number of hydrogen-bond acceptors (Lipinski definition) is 5. The summed E-state index contributed by atoms with van der Waals surface area (Å²) < 4.78 is 5.87. The topological polar surface area (TPSA) is 63.7 Å². The van der Waals surface area contributed by atoms with Crippen molar-refractivity contribution in [3.63, 3.8) is 0 Å². The van der Waals surface area contributed by atoms with E-state index >= 15 is 0 Å². The maximum atomic E-state index is 12.6. The van der Waals surface area contributed by atoms with Crippen LogP contribution in [-0.2, 0) is 0 Å². The van der Waals surface area contributed by atoms with Crippen LogP contribution in [0.3, 0.4) is 0 Å². The quantitative estimate of drug-likeness (QED) is 0.763. The molecule has 4 rings (SSSR count). The standard InChI is InChI=1S/C19H20N4O2S/c1-14(17-20-21-18(25-17)16-8-5-13-26-16)22-9-11-23(12-10-22)19(24)15-6-3-2-4-7-15/h2-8,13-14H,9-12H2,1H3/p+1/t14-/m0/s1. The van der Waals surface area contributed by atoms with E-state index in [-0.39, 0.29) is 11.9 Å². The molecule has 6 nitrogen and oxygen atoms in total. The molecule has 1 aromatic carbocycles. The van der Waals surface area contributed by atoms with Gasteiger partial charge in [-0.1, -0.05) is 24.3 Å². The smallest absolute Gasteiger partial charge is 0.274 e. The molecule has 1 fully saturated rings. The lowest BCUT2D eigenvalue weighted by Gasteiger charge is -2.34. The molecule has 0 radical (unpaired) electrons. The van der Waals surface area contributed by atoms with Crippen LogP contribution in [0.15, 0.2) is 52.3 Å². The molecule has 0 spiro atoms. The molecule has 1 aliphatic rings. The molecule has 134 valence electrons. The van der Waals surface area contributed by atoms with Gasteiger partial charge in [0.05, 0.1) is 31.1 Å². The number of piperazine rings is 1. The van der Waals surface area contributed by atoms with E-state index in [0.717, 1.165) is 36.6 Å². The second kappa shape index (κ2) is 7.39. The number of quaternary nitrogens is 1. The second-order valence-electron chi connectivity index (χ2n) is 6.46. The number of thiophene rings is 1. The number of aromatic nitrogens is 2. The van der Waals surface area contributed by atoms with E-state index in [1.807, 2.05) is 52.7 Å². The zero-order valence-electron chi connectivity index (χ0n) is 14.6. The van der Waals surface area contributed by atoms with Gasteiger partial charge in [-0.25, -0.2) is 0 Å². The number of carbonyl (C=O) groups is 1. The number of carbonyl (C=O) groups excluding carboxylic acids is 1. The van der Waals surface area contributed by atoms with Gasteiger partial charge in [-0.15, -0.1) is 21.5 Å². The van der Waals surface area contributed by atoms with Crippen LogP contribution >= 0.6 is 11.3 Å². The zero-order chi connectivity index (χ0) is 17.9. The minimum atomic E-state index is 0.107. The second-order valence-corrected chi connectivity index (χ2v) is 7.41. The molecule has 1 atom stereocenters. The van der Waals surface area contributed by atoms with Gasteiger partial charge >= 0.3 is 0 Å². The highest BCUT2D eigenvalue weighted by Gasteiger charge is 2.31. The minimum Gasteiger partial charge on any atom is -0.414 e. The van der Waals surface area contributed by atoms with Crippen LogP contribution in [0.2, 0.25) is 0 Å². The van der Waals surface area contributed by atoms with Crippen LogP contribution in [0.4, 0.5) is 0 Å². The molecule has 26 heavy (non-hydrogen) atoms. The Bertz CT molecular complexity index is 855. The predicted octanol–water partition coefficient (Wildman–Crippen LogP) is 1.90. The molecular formula is C19H21N4O2S+. The first-order chi connectivity index (χ1) is 12.7. The molecule has 7 heteroatoms. The first kappa shape index (κ1) is 16.9. The van der Waals surface area contributed by atoms with E-state index in [4.69, 9.17) is 4.42 Å². The van der Waals surface area contributed by atoms with Crippen molar-refractivity contribution in [3.8, 4) is 10.8 Å². The van der Waals surface area contributed by atoms with Gasteiger partial charge in [0.1, 0.15) is 0 Å². The van der Waals surface area contributed by atoms with Crippen molar-refractivity contribution < 1.29 is 14.1 Å². The maximum absolute atomic E-state index is 12.6. The molecule has 0 bridgehead atoms. The van der Waals surface area contributed by atoms with Crippen molar-refractivity contribution in [1.82, 2.24) is 15.1 Å². The molecule has 2 aromatic heterocycles. The highest BCUT2D eigenvalue weighted by molar-refractivity contribution is 7.13. The Morgan fingerprint density at radius 3 is 2.62 bits per heavy atom. The van der Waals surface area contributed by atoms with Crippen LogP contribution in [-0.4, -0.2) is 47.2 Å². The minimum absolute atomic E-state index is 0.107. The van der Waals surface area contributed by atoms with E-state index in [1.54, 1.807) is 11.3 Å². The number of hydrogen-bond donors (Lipinski definition) is 1. The molecule has 0 unspecified atom stereocenters. The first-order valence-corrected chi connectivity index (χ1v) is 9.66. The van der Waals surface area contributed by atoms with Gasteiger partial charge in [0.2, 0.25) is 0 Å². The van der Waals surface area contributed by atoms with Crippen molar-refractivity contribution in [2.24, 2.45) is 0 Å². The van der Waals surface area contributed by atoms with Crippen molar-refractivity contribution in [1.29, 1.82) is 0 Å². The number of amides is 1. The SMILES string of the molecule is C[C@@H](c1nnc(-c2cccs2)o1)[NH+]1CCN(C(=O)c2ccccc2)CC1. The van der Waals surface area contributed by atoms with Crippen LogP contribution < -0.4 is 4.90 Å². The Labute approximate surface area is 156 Å². The third-order valence-corrected chi connectivity index (χ3v) is 5.73. The molecule has 1 saturated heterocycles. The summed E-state index contributed by atoms with van der Waals surface area (Å²) in [5.74, 6) is 1.35. The van der Waals surface area contributed by atoms with Gasteiger partial charge in [0.25, 0.3) is 17.7 Å². The summed E-state index contributed by atoms with van der Waals surface area (Å²) >= 11 is 1.59. The molecule has 0 saturated carbocycles. The molecule has 3 aromatic rings. The number of rotatable bonds is 4. The molecule has 0 aliphatic carbocycles. The fraction of sp³-hybridized carbons (Fsp3) is 0.316. The van der Waals surface area contributed by atoms with Crippen LogP contribution in [0.25, 0.3) is 10.8 Å². The lowest BCUT2D eigenvalue weighted by Crippen LogP contribution is -3.14. The summed E-state index contributed by atoms with van der Waals surface area (Å²) in [4.78, 5) is 16.8. The monoisotopic (exact) mass is 369 g/mol. The largest absolute Gasteiger partial charge is 0.414 e. The summed E-state index contributed by atoms with van der Waals surface area (Å²) in [6.45, 7) is 5.32. The van der Waals surface area contributed by atoms with Crippen LogP contribution in [0, 0.1) is 0 Å². The van der Waals surface area contributed by atoms with E-state index in [1.165, 1.54) is 4.90 Å². The van der Waals surface area contributed by atoms with Gasteiger partial charge in [-0.2, -0.15) is 0 Å². The first-order valence-electron chi connectivity index (χ1n) is 8.78. The van der Waals surface area contributed by atoms with Gasteiger partial charge in [0.15, 0.2) is 6.04 Å². The Hall–Kier alpha value is -2.51. The average molecular weight is 369 g/mol. The lowest BCUT2D eigenvalue weighted by atomic mass is 10.1. The maximum Gasteiger partial charge on any atom is 0.274 e. The highest BCUT2D eigenvalue weighted by Crippen LogP contribution is 2.24. The van der Waals surface area contributed by atoms with E-state index in [2.05, 4.69) is 17.1 Å². The van der Waals surface area contributed by atoms with Gasteiger partial charge < -0.3 is 14.2 Å². The normalized spacial score (nSPS) is 16.6. The molecule has 1 N–H and O–H groups in total. The average Bonchev–Trinajstić information content (AvgIpc) is 3.39. The summed E-state index contributed by atoms with van der Waals surface area (Å²) in [6, 6.07) is 13.5. The van der Waals surface area contributed by atoms with E-state index in [9.17, 15) is 4.79 Å². The van der Waals surface area contributed by atoms with Crippen molar-refractivity contribution >= 4 is 17.2 Å². The highest BCUT2D eigenvalue weighted by atomic mass is 32.1. The van der Waals surface area contributed by atoms with E-state index < -0.39 is 0 Å². The summed E-state index contributed by atoms with van der Waals surface area (Å²) in [6.07, 6.45) is 0. The summed E-state index contributed by atoms with van der Waals surface area (Å²) in [7, 11) is 0. The summed E-state index contributed by atoms with van der Waals surface area (Å²) in [5.41, 5.74) is 0.751. The van der Waals surface area contributed by atoms with Crippen LogP contribution in [0.1, 0.15) is 29.2 Å². The van der Waals surface area contributed by atoms with Gasteiger partial charge in [-0.3, -0.25) is 4.79 Å². The van der Waals surface area contributed by atoms with Crippen LogP contribution in [0.5, 0.6) is 0 Å². The zero-order valence-corrected chi connectivity index (χ0v) is 15.4. The lowest BCUT2D eigenvalue weighted by molar-refractivity contribution is -0.934. The third-order valence-electron chi connectivity index (χ3n) is 4.87.